The van der Waals surface area contributed by atoms with Gasteiger partial charge < -0.3 is 10.4 Å². The molecule has 1 amide bonds. The minimum atomic E-state index is -0.848. The predicted octanol–water partition coefficient (Wildman–Crippen LogP) is 2.54. The Hall–Kier alpha value is -1.84. The van der Waals surface area contributed by atoms with Gasteiger partial charge in [0.2, 0.25) is 5.91 Å². The molecule has 0 saturated heterocycles. The molecule has 4 nitrogen and oxygen atoms in total. The predicted molar refractivity (Wildman–Crippen MR) is 81.0 cm³/mol. The van der Waals surface area contributed by atoms with Crippen molar-refractivity contribution in [1.82, 2.24) is 5.32 Å². The molecule has 1 aliphatic rings. The molecule has 2 rings (SSSR count). The number of benzene rings is 1. The number of amides is 1. The molecule has 0 heterocycles. The number of carbonyl (C=O) groups is 2. The van der Waals surface area contributed by atoms with E-state index < -0.39 is 11.9 Å². The maximum Gasteiger partial charge on any atom is 0.307 e. The van der Waals surface area contributed by atoms with Gasteiger partial charge in [0.05, 0.1) is 11.8 Å². The van der Waals surface area contributed by atoms with Gasteiger partial charge >= 0.3 is 5.97 Å². The van der Waals surface area contributed by atoms with E-state index in [9.17, 15) is 9.59 Å². The molecule has 1 aliphatic carbocycles. The third-order valence-corrected chi connectivity index (χ3v) is 4.35. The molecule has 1 aromatic carbocycles. The van der Waals surface area contributed by atoms with Crippen LogP contribution in [0.2, 0.25) is 0 Å². The molecule has 3 atom stereocenters. The fraction of sp³-hybridized carbons (Fsp3) is 0.529. The summed E-state index contributed by atoms with van der Waals surface area (Å²) in [5.41, 5.74) is 2.43. The number of hydrogen-bond acceptors (Lipinski definition) is 2. The van der Waals surface area contributed by atoms with E-state index in [-0.39, 0.29) is 17.9 Å². The van der Waals surface area contributed by atoms with Gasteiger partial charge in [0.25, 0.3) is 0 Å². The number of carboxylic acid groups (broad SMARTS) is 1. The number of hydrogen-bond donors (Lipinski definition) is 2. The van der Waals surface area contributed by atoms with Crippen LogP contribution in [0.25, 0.3) is 0 Å². The first-order valence-electron chi connectivity index (χ1n) is 7.56. The van der Waals surface area contributed by atoms with Crippen LogP contribution in [0.1, 0.15) is 37.3 Å². The van der Waals surface area contributed by atoms with Gasteiger partial charge in [0.15, 0.2) is 0 Å². The zero-order chi connectivity index (χ0) is 15.4. The number of nitrogens with one attached hydrogen (secondary N) is 1. The van der Waals surface area contributed by atoms with Crippen LogP contribution >= 0.6 is 0 Å². The second kappa shape index (κ2) is 6.74. The Bertz CT molecular complexity index is 527. The minimum Gasteiger partial charge on any atom is -0.481 e. The Kier molecular flexibility index (Phi) is 4.99. The highest BCUT2D eigenvalue weighted by atomic mass is 16.4. The summed E-state index contributed by atoms with van der Waals surface area (Å²) in [7, 11) is 0. The molecule has 1 aromatic rings. The normalized spacial score (nSPS) is 22.8. The van der Waals surface area contributed by atoms with Crippen molar-refractivity contribution in [2.24, 2.45) is 11.8 Å². The number of carbonyl (C=O) groups excluding carboxylic acids is 1. The third-order valence-electron chi connectivity index (χ3n) is 4.35. The third kappa shape index (κ3) is 3.84. The second-order valence-corrected chi connectivity index (χ2v) is 6.02. The van der Waals surface area contributed by atoms with Crippen molar-refractivity contribution in [1.29, 1.82) is 0 Å². The van der Waals surface area contributed by atoms with E-state index in [0.717, 1.165) is 12.8 Å². The van der Waals surface area contributed by atoms with E-state index in [1.165, 1.54) is 11.1 Å². The van der Waals surface area contributed by atoms with Crippen molar-refractivity contribution < 1.29 is 14.7 Å². The van der Waals surface area contributed by atoms with E-state index in [1.54, 1.807) is 0 Å². The molecule has 0 spiro atoms. The van der Waals surface area contributed by atoms with Gasteiger partial charge in [-0.3, -0.25) is 9.59 Å². The quantitative estimate of drug-likeness (QED) is 0.875. The zero-order valence-electron chi connectivity index (χ0n) is 12.6. The van der Waals surface area contributed by atoms with Crippen molar-refractivity contribution in [3.05, 3.63) is 35.4 Å². The lowest BCUT2D eigenvalue weighted by atomic mass is 9.94. The Morgan fingerprint density at radius 3 is 2.62 bits per heavy atom. The molecule has 1 fully saturated rings. The maximum absolute atomic E-state index is 12.3. The molecule has 21 heavy (non-hydrogen) atoms. The van der Waals surface area contributed by atoms with E-state index in [0.29, 0.717) is 12.8 Å². The molecule has 4 heteroatoms. The summed E-state index contributed by atoms with van der Waals surface area (Å²) < 4.78 is 0. The number of aryl methyl sites for hydroxylation is 1. The maximum atomic E-state index is 12.3. The van der Waals surface area contributed by atoms with Crippen molar-refractivity contribution in [3.63, 3.8) is 0 Å². The van der Waals surface area contributed by atoms with Crippen LogP contribution in [0, 0.1) is 18.8 Å². The van der Waals surface area contributed by atoms with Gasteiger partial charge in [-0.25, -0.2) is 0 Å². The number of carboxylic acids is 1. The smallest absolute Gasteiger partial charge is 0.307 e. The van der Waals surface area contributed by atoms with Gasteiger partial charge in [-0.15, -0.1) is 0 Å². The molecular formula is C17H23NO3. The van der Waals surface area contributed by atoms with Gasteiger partial charge in [-0.2, -0.15) is 0 Å². The van der Waals surface area contributed by atoms with Crippen LogP contribution in [-0.4, -0.2) is 23.0 Å². The molecular weight excluding hydrogens is 266 g/mol. The second-order valence-electron chi connectivity index (χ2n) is 6.02. The average Bonchev–Trinajstić information content (AvgIpc) is 2.91. The monoisotopic (exact) mass is 289 g/mol. The van der Waals surface area contributed by atoms with Crippen LogP contribution in [0.15, 0.2) is 24.3 Å². The SMILES string of the molecule is Cc1ccccc1CC(C)NC(=O)[C@@H]1CCC[C@@H]1C(=O)O. The summed E-state index contributed by atoms with van der Waals surface area (Å²) in [6.45, 7) is 4.02. The lowest BCUT2D eigenvalue weighted by Crippen LogP contribution is -2.41. The summed E-state index contributed by atoms with van der Waals surface area (Å²) in [5, 5.41) is 12.1. The Balaban J connectivity index is 1.93. The lowest BCUT2D eigenvalue weighted by molar-refractivity contribution is -0.146. The van der Waals surface area contributed by atoms with Gasteiger partial charge in [0.1, 0.15) is 0 Å². The molecule has 1 unspecified atom stereocenters. The zero-order valence-corrected chi connectivity index (χ0v) is 12.6. The van der Waals surface area contributed by atoms with Crippen molar-refractivity contribution in [2.75, 3.05) is 0 Å². The van der Waals surface area contributed by atoms with E-state index >= 15 is 0 Å². The molecule has 0 bridgehead atoms. The lowest BCUT2D eigenvalue weighted by Gasteiger charge is -2.20. The Labute approximate surface area is 125 Å². The highest BCUT2D eigenvalue weighted by Gasteiger charge is 2.37. The summed E-state index contributed by atoms with van der Waals surface area (Å²) in [5.74, 6) is -1.85. The summed E-state index contributed by atoms with van der Waals surface area (Å²) >= 11 is 0. The first-order valence-corrected chi connectivity index (χ1v) is 7.56. The van der Waals surface area contributed by atoms with Crippen LogP contribution in [0.3, 0.4) is 0 Å². The van der Waals surface area contributed by atoms with Gasteiger partial charge in [-0.1, -0.05) is 30.7 Å². The van der Waals surface area contributed by atoms with E-state index in [1.807, 2.05) is 19.1 Å². The summed E-state index contributed by atoms with van der Waals surface area (Å²) in [6, 6.07) is 8.12. The highest BCUT2D eigenvalue weighted by molar-refractivity contribution is 5.85. The Morgan fingerprint density at radius 2 is 1.95 bits per heavy atom. The van der Waals surface area contributed by atoms with E-state index in [2.05, 4.69) is 24.4 Å². The molecule has 2 N–H and O–H groups in total. The van der Waals surface area contributed by atoms with E-state index in [4.69, 9.17) is 5.11 Å². The topological polar surface area (TPSA) is 66.4 Å². The summed E-state index contributed by atoms with van der Waals surface area (Å²) in [6.07, 6.45) is 2.88. The molecule has 114 valence electrons. The molecule has 0 aliphatic heterocycles. The van der Waals surface area contributed by atoms with Crippen LogP contribution in [0.4, 0.5) is 0 Å². The van der Waals surface area contributed by atoms with Crippen LogP contribution < -0.4 is 5.32 Å². The van der Waals surface area contributed by atoms with Crippen molar-refractivity contribution in [2.45, 2.75) is 45.6 Å². The van der Waals surface area contributed by atoms with Gasteiger partial charge in [-0.05, 0) is 44.2 Å². The molecule has 0 radical (unpaired) electrons. The van der Waals surface area contributed by atoms with Crippen LogP contribution in [-0.2, 0) is 16.0 Å². The van der Waals surface area contributed by atoms with Gasteiger partial charge in [0, 0.05) is 6.04 Å². The molecule has 0 aromatic heterocycles. The fourth-order valence-corrected chi connectivity index (χ4v) is 3.14. The standard InChI is InChI=1S/C17H23NO3/c1-11-6-3-4-7-13(11)10-12(2)18-16(19)14-8-5-9-15(14)17(20)21/h3-4,6-7,12,14-15H,5,8-10H2,1-2H3,(H,18,19)(H,20,21)/t12?,14-,15+/m1/s1. The fourth-order valence-electron chi connectivity index (χ4n) is 3.14. The summed E-state index contributed by atoms with van der Waals surface area (Å²) in [4.78, 5) is 23.4. The first kappa shape index (κ1) is 15.5. The first-order chi connectivity index (χ1) is 9.99. The van der Waals surface area contributed by atoms with Crippen molar-refractivity contribution >= 4 is 11.9 Å². The minimum absolute atomic E-state index is 0.00800. The number of aliphatic carboxylic acids is 1. The van der Waals surface area contributed by atoms with Crippen molar-refractivity contribution in [3.8, 4) is 0 Å². The highest BCUT2D eigenvalue weighted by Crippen LogP contribution is 2.32. The van der Waals surface area contributed by atoms with Crippen LogP contribution in [0.5, 0.6) is 0 Å². The average molecular weight is 289 g/mol. The molecule has 1 saturated carbocycles. The Morgan fingerprint density at radius 1 is 1.29 bits per heavy atom. The largest absolute Gasteiger partial charge is 0.481 e. The number of rotatable bonds is 5.